The van der Waals surface area contributed by atoms with E-state index >= 15 is 0 Å². The van der Waals surface area contributed by atoms with Gasteiger partial charge in [0.15, 0.2) is 0 Å². The maximum atomic E-state index is 12.7. The number of piperidine rings is 1. The highest BCUT2D eigenvalue weighted by atomic mass is 16.1. The lowest BCUT2D eigenvalue weighted by molar-refractivity contribution is -0.897. The minimum Gasteiger partial charge on any atom is -0.358 e. The number of quaternary nitrogens is 1. The number of hydrogen-bond acceptors (Lipinski definition) is 1. The summed E-state index contributed by atoms with van der Waals surface area (Å²) in [5, 5.41) is 1.08. The second-order valence-electron chi connectivity index (χ2n) is 6.71. The van der Waals surface area contributed by atoms with Crippen molar-refractivity contribution in [1.29, 1.82) is 0 Å². The second kappa shape index (κ2) is 5.64. The van der Waals surface area contributed by atoms with Crippen molar-refractivity contribution >= 4 is 16.7 Å². The van der Waals surface area contributed by atoms with Crippen molar-refractivity contribution in [3.8, 4) is 0 Å². The van der Waals surface area contributed by atoms with Crippen LogP contribution in [0.4, 0.5) is 0 Å². The predicted octanol–water partition coefficient (Wildman–Crippen LogP) is 2.28. The zero-order chi connectivity index (χ0) is 15.0. The highest BCUT2D eigenvalue weighted by Gasteiger charge is 2.24. The van der Waals surface area contributed by atoms with Gasteiger partial charge < -0.3 is 9.88 Å². The molecule has 1 aliphatic heterocycles. The first-order valence-corrected chi connectivity index (χ1v) is 8.00. The fraction of sp³-hybridized carbons (Fsp3) is 0.500. The second-order valence-corrected chi connectivity index (χ2v) is 6.71. The standard InChI is InChI=1S/C18H24N2O/c1-12-6-8-20(9-7-12)11-17(21)18-14(3)19-16-10-13(2)4-5-15(16)18/h4-5,10,12,19H,6-9,11H2,1-3H3/p+1. The summed E-state index contributed by atoms with van der Waals surface area (Å²) in [6, 6.07) is 6.28. The summed E-state index contributed by atoms with van der Waals surface area (Å²) in [5.74, 6) is 1.11. The van der Waals surface area contributed by atoms with Gasteiger partial charge in [0, 0.05) is 16.6 Å². The molecule has 0 aliphatic carbocycles. The van der Waals surface area contributed by atoms with Gasteiger partial charge in [-0.05, 0) is 44.2 Å². The fourth-order valence-corrected chi connectivity index (χ4v) is 3.47. The number of nitrogens with one attached hydrogen (secondary N) is 2. The first-order chi connectivity index (χ1) is 10.0. The highest BCUT2D eigenvalue weighted by molar-refractivity contribution is 6.09. The first-order valence-electron chi connectivity index (χ1n) is 8.00. The van der Waals surface area contributed by atoms with Crippen LogP contribution in [0.2, 0.25) is 0 Å². The van der Waals surface area contributed by atoms with E-state index in [1.807, 2.05) is 6.92 Å². The molecule has 21 heavy (non-hydrogen) atoms. The predicted molar refractivity (Wildman–Crippen MR) is 86.1 cm³/mol. The van der Waals surface area contributed by atoms with E-state index in [1.165, 1.54) is 23.3 Å². The number of ketones is 1. The van der Waals surface area contributed by atoms with Crippen LogP contribution in [-0.2, 0) is 0 Å². The molecule has 3 rings (SSSR count). The molecule has 1 aromatic heterocycles. The van der Waals surface area contributed by atoms with Crippen LogP contribution >= 0.6 is 0 Å². The number of likely N-dealkylation sites (tertiary alicyclic amines) is 1. The zero-order valence-electron chi connectivity index (χ0n) is 13.3. The monoisotopic (exact) mass is 285 g/mol. The number of fused-ring (bicyclic) bond motifs is 1. The molecule has 0 unspecified atom stereocenters. The van der Waals surface area contributed by atoms with E-state index in [1.54, 1.807) is 0 Å². The van der Waals surface area contributed by atoms with Gasteiger partial charge in [0.25, 0.3) is 0 Å². The summed E-state index contributed by atoms with van der Waals surface area (Å²) < 4.78 is 0. The molecular formula is C18H25N2O+. The average Bonchev–Trinajstić information content (AvgIpc) is 2.76. The SMILES string of the molecule is Cc1ccc2c(C(=O)C[NH+]3CCC(C)CC3)c(C)[nH]c2c1. The lowest BCUT2D eigenvalue weighted by atomic mass is 9.98. The number of H-pyrrole nitrogens is 1. The third-order valence-electron chi connectivity index (χ3n) is 4.81. The Kier molecular flexibility index (Phi) is 3.85. The van der Waals surface area contributed by atoms with Crippen LogP contribution < -0.4 is 4.90 Å². The number of benzene rings is 1. The molecule has 0 atom stereocenters. The molecule has 3 nitrogen and oxygen atoms in total. The number of carbonyl (C=O) groups excluding carboxylic acids is 1. The summed E-state index contributed by atoms with van der Waals surface area (Å²) >= 11 is 0. The lowest BCUT2D eigenvalue weighted by Gasteiger charge is -2.26. The molecule has 2 N–H and O–H groups in total. The van der Waals surface area contributed by atoms with Crippen LogP contribution in [0.1, 0.15) is 41.4 Å². The normalized spacial score (nSPS) is 22.6. The van der Waals surface area contributed by atoms with Gasteiger partial charge >= 0.3 is 0 Å². The van der Waals surface area contributed by atoms with E-state index in [2.05, 4.69) is 37.0 Å². The average molecular weight is 285 g/mol. The maximum Gasteiger partial charge on any atom is 0.219 e. The molecule has 1 saturated heterocycles. The molecule has 2 heterocycles. The molecule has 0 radical (unpaired) electrons. The Labute approximate surface area is 126 Å². The molecule has 1 aliphatic rings. The number of aromatic nitrogens is 1. The Morgan fingerprint density at radius 1 is 1.29 bits per heavy atom. The molecular weight excluding hydrogens is 260 g/mol. The molecule has 1 aromatic carbocycles. The summed E-state index contributed by atoms with van der Waals surface area (Å²) in [6.45, 7) is 9.30. The molecule has 2 aromatic rings. The zero-order valence-corrected chi connectivity index (χ0v) is 13.3. The molecule has 3 heteroatoms. The van der Waals surface area contributed by atoms with Gasteiger partial charge in [0.2, 0.25) is 5.78 Å². The third-order valence-corrected chi connectivity index (χ3v) is 4.81. The van der Waals surface area contributed by atoms with Crippen LogP contribution in [0.25, 0.3) is 10.9 Å². The first kappa shape index (κ1) is 14.3. The number of carbonyl (C=O) groups is 1. The van der Waals surface area contributed by atoms with Crippen molar-refractivity contribution in [2.75, 3.05) is 19.6 Å². The van der Waals surface area contributed by atoms with Crippen LogP contribution in [0.5, 0.6) is 0 Å². The van der Waals surface area contributed by atoms with Crippen molar-refractivity contribution in [1.82, 2.24) is 4.98 Å². The van der Waals surface area contributed by atoms with E-state index in [4.69, 9.17) is 0 Å². The van der Waals surface area contributed by atoms with E-state index < -0.39 is 0 Å². The number of rotatable bonds is 3. The highest BCUT2D eigenvalue weighted by Crippen LogP contribution is 2.23. The van der Waals surface area contributed by atoms with Crippen LogP contribution in [-0.4, -0.2) is 30.4 Å². The molecule has 0 saturated carbocycles. The Morgan fingerprint density at radius 3 is 2.71 bits per heavy atom. The Bertz CT molecular complexity index is 663. The summed E-state index contributed by atoms with van der Waals surface area (Å²) in [7, 11) is 0. The lowest BCUT2D eigenvalue weighted by Crippen LogP contribution is -3.13. The van der Waals surface area contributed by atoms with E-state index in [0.717, 1.165) is 41.2 Å². The molecule has 1 fully saturated rings. The number of hydrogen-bond donors (Lipinski definition) is 2. The number of Topliss-reactive ketones (excluding diaryl/α,β-unsaturated/α-hetero) is 1. The minimum absolute atomic E-state index is 0.284. The van der Waals surface area contributed by atoms with Crippen LogP contribution in [0.3, 0.4) is 0 Å². The van der Waals surface area contributed by atoms with E-state index in [0.29, 0.717) is 6.54 Å². The van der Waals surface area contributed by atoms with Gasteiger partial charge in [-0.1, -0.05) is 19.1 Å². The summed E-state index contributed by atoms with van der Waals surface area (Å²) in [6.07, 6.45) is 2.49. The van der Waals surface area contributed by atoms with Gasteiger partial charge in [-0.3, -0.25) is 4.79 Å². The number of aromatic amines is 1. The molecule has 0 spiro atoms. The maximum absolute atomic E-state index is 12.7. The van der Waals surface area contributed by atoms with Crippen molar-refractivity contribution in [3.05, 3.63) is 35.0 Å². The van der Waals surface area contributed by atoms with E-state index in [9.17, 15) is 4.79 Å². The minimum atomic E-state index is 0.284. The van der Waals surface area contributed by atoms with Gasteiger partial charge in [0.05, 0.1) is 18.7 Å². The van der Waals surface area contributed by atoms with Crippen molar-refractivity contribution in [2.24, 2.45) is 5.92 Å². The van der Waals surface area contributed by atoms with Crippen molar-refractivity contribution in [3.63, 3.8) is 0 Å². The smallest absolute Gasteiger partial charge is 0.219 e. The number of aryl methyl sites for hydroxylation is 2. The molecule has 112 valence electrons. The Hall–Kier alpha value is -1.61. The van der Waals surface area contributed by atoms with Gasteiger partial charge in [0.1, 0.15) is 6.54 Å². The molecule has 0 bridgehead atoms. The largest absolute Gasteiger partial charge is 0.358 e. The quantitative estimate of drug-likeness (QED) is 0.834. The fourth-order valence-electron chi connectivity index (χ4n) is 3.47. The third kappa shape index (κ3) is 2.88. The summed E-state index contributed by atoms with van der Waals surface area (Å²) in [4.78, 5) is 17.5. The van der Waals surface area contributed by atoms with Crippen LogP contribution in [0.15, 0.2) is 18.2 Å². The topological polar surface area (TPSA) is 37.3 Å². The van der Waals surface area contributed by atoms with Crippen molar-refractivity contribution < 1.29 is 9.69 Å². The van der Waals surface area contributed by atoms with Crippen LogP contribution in [0, 0.1) is 19.8 Å². The van der Waals surface area contributed by atoms with Gasteiger partial charge in [-0.2, -0.15) is 0 Å². The Balaban J connectivity index is 1.83. The van der Waals surface area contributed by atoms with Gasteiger partial charge in [-0.15, -0.1) is 0 Å². The van der Waals surface area contributed by atoms with Gasteiger partial charge in [-0.25, -0.2) is 0 Å². The summed E-state index contributed by atoms with van der Waals surface area (Å²) in [5.41, 5.74) is 4.21. The molecule has 0 amide bonds. The van der Waals surface area contributed by atoms with Crippen molar-refractivity contribution in [2.45, 2.75) is 33.6 Å². The Morgan fingerprint density at radius 2 is 2.00 bits per heavy atom. The van der Waals surface area contributed by atoms with E-state index in [-0.39, 0.29) is 5.78 Å².